The number of halogens is 3. The van der Waals surface area contributed by atoms with Crippen LogP contribution in [-0.4, -0.2) is 54.8 Å². The average molecular weight is 476 g/mol. The van der Waals surface area contributed by atoms with Crippen LogP contribution in [0.1, 0.15) is 37.8 Å². The molecule has 0 aliphatic carbocycles. The van der Waals surface area contributed by atoms with Gasteiger partial charge in [-0.15, -0.1) is 0 Å². The summed E-state index contributed by atoms with van der Waals surface area (Å²) in [4.78, 5) is 21.2. The molecule has 0 atom stereocenters. The van der Waals surface area contributed by atoms with Gasteiger partial charge in [0.25, 0.3) is 0 Å². The molecule has 0 aromatic heterocycles. The number of alkyl halides is 3. The minimum absolute atomic E-state index is 0.108. The van der Waals surface area contributed by atoms with E-state index >= 15 is 0 Å². The third-order valence-electron chi connectivity index (χ3n) is 5.89. The zero-order valence-electron chi connectivity index (χ0n) is 19.5. The molecule has 1 fully saturated rings. The molecule has 4 rings (SSSR count). The molecule has 6 nitrogen and oxygen atoms in total. The summed E-state index contributed by atoms with van der Waals surface area (Å²) in [5, 5.41) is 0. The highest BCUT2D eigenvalue weighted by Crippen LogP contribution is 2.42. The van der Waals surface area contributed by atoms with Crippen LogP contribution in [0.5, 0.6) is 17.2 Å². The second-order valence-electron chi connectivity index (χ2n) is 8.90. The predicted molar refractivity (Wildman–Crippen MR) is 123 cm³/mol. The van der Waals surface area contributed by atoms with Crippen LogP contribution in [0.25, 0.3) is 0 Å². The zero-order chi connectivity index (χ0) is 24.5. The van der Waals surface area contributed by atoms with E-state index in [2.05, 4.69) is 4.99 Å². The Morgan fingerprint density at radius 2 is 1.85 bits per heavy atom. The number of carbonyl (C=O) groups excluding carboxylic acids is 1. The van der Waals surface area contributed by atoms with E-state index in [4.69, 9.17) is 9.47 Å². The van der Waals surface area contributed by atoms with Gasteiger partial charge in [0.2, 0.25) is 5.91 Å². The third-order valence-corrected chi connectivity index (χ3v) is 5.89. The molecule has 2 aliphatic heterocycles. The normalized spacial score (nSPS) is 16.1. The number of rotatable bonds is 3. The number of methoxy groups -OCH3 is 1. The smallest absolute Gasteiger partial charge is 0.416 e. The highest BCUT2D eigenvalue weighted by atomic mass is 19.4. The maximum atomic E-state index is 13.4. The van der Waals surface area contributed by atoms with Gasteiger partial charge in [0.15, 0.2) is 5.75 Å². The standard InChI is InChI=1S/C25H28F3N3O3/c1-16(2)13-23(32)30-9-4-10-31(12-11-30)24-19-15-18(33-3)6-8-21(19)34-22-7-5-17(25(26,27)28)14-20(22)29-24/h5-8,14-16H,4,9-13H2,1-3H3. The van der Waals surface area contributed by atoms with E-state index in [1.807, 2.05) is 23.6 Å². The largest absolute Gasteiger partial charge is 0.497 e. The van der Waals surface area contributed by atoms with Crippen molar-refractivity contribution in [2.24, 2.45) is 10.9 Å². The molecule has 1 amide bonds. The number of ether oxygens (including phenoxy) is 2. The van der Waals surface area contributed by atoms with E-state index < -0.39 is 11.7 Å². The van der Waals surface area contributed by atoms with Crippen LogP contribution in [0, 0.1) is 5.92 Å². The number of amidine groups is 1. The van der Waals surface area contributed by atoms with Crippen LogP contribution in [0.2, 0.25) is 0 Å². The molecule has 1 saturated heterocycles. The van der Waals surface area contributed by atoms with Gasteiger partial charge in [-0.2, -0.15) is 13.2 Å². The van der Waals surface area contributed by atoms with Crippen LogP contribution in [-0.2, 0) is 11.0 Å². The molecule has 182 valence electrons. The Labute approximate surface area is 197 Å². The van der Waals surface area contributed by atoms with Crippen molar-refractivity contribution in [3.8, 4) is 17.2 Å². The Hall–Kier alpha value is -3.23. The predicted octanol–water partition coefficient (Wildman–Crippen LogP) is 5.48. The summed E-state index contributed by atoms with van der Waals surface area (Å²) < 4.78 is 51.5. The second-order valence-corrected chi connectivity index (χ2v) is 8.90. The summed E-state index contributed by atoms with van der Waals surface area (Å²) in [6.45, 7) is 6.28. The van der Waals surface area contributed by atoms with E-state index in [-0.39, 0.29) is 23.3 Å². The molecule has 0 spiro atoms. The van der Waals surface area contributed by atoms with E-state index in [1.165, 1.54) is 6.07 Å². The number of hydrogen-bond acceptors (Lipinski definition) is 5. The zero-order valence-corrected chi connectivity index (χ0v) is 19.5. The minimum Gasteiger partial charge on any atom is -0.497 e. The highest BCUT2D eigenvalue weighted by Gasteiger charge is 2.33. The first-order valence-corrected chi connectivity index (χ1v) is 11.3. The summed E-state index contributed by atoms with van der Waals surface area (Å²) in [6, 6.07) is 8.54. The molecule has 2 aromatic rings. The van der Waals surface area contributed by atoms with Crippen molar-refractivity contribution >= 4 is 17.4 Å². The lowest BCUT2D eigenvalue weighted by molar-refractivity contribution is -0.137. The molecule has 2 aliphatic rings. The number of aliphatic imine (C=N–C) groups is 1. The quantitative estimate of drug-likeness (QED) is 0.590. The van der Waals surface area contributed by atoms with E-state index in [0.717, 1.165) is 18.6 Å². The lowest BCUT2D eigenvalue weighted by Crippen LogP contribution is -2.38. The SMILES string of the molecule is COc1ccc2c(c1)C(N1CCCN(C(=O)CC(C)C)CC1)=Nc1cc(C(F)(F)F)ccc1O2. The topological polar surface area (TPSA) is 54.4 Å². The molecule has 2 heterocycles. The lowest BCUT2D eigenvalue weighted by Gasteiger charge is -2.25. The fraction of sp³-hybridized carbons (Fsp3) is 0.440. The van der Waals surface area contributed by atoms with Crippen LogP contribution in [0.15, 0.2) is 41.4 Å². The van der Waals surface area contributed by atoms with Gasteiger partial charge >= 0.3 is 6.18 Å². The molecular weight excluding hydrogens is 447 g/mol. The molecule has 0 radical (unpaired) electrons. The van der Waals surface area contributed by atoms with Crippen molar-refractivity contribution in [2.75, 3.05) is 33.3 Å². The number of nitrogens with zero attached hydrogens (tertiary/aromatic N) is 3. The molecule has 2 aromatic carbocycles. The molecule has 0 bridgehead atoms. The summed E-state index contributed by atoms with van der Waals surface area (Å²) in [6.07, 6.45) is -3.28. The van der Waals surface area contributed by atoms with Crippen molar-refractivity contribution in [1.82, 2.24) is 9.80 Å². The van der Waals surface area contributed by atoms with Gasteiger partial charge in [0.1, 0.15) is 23.0 Å². The minimum atomic E-state index is -4.49. The van der Waals surface area contributed by atoms with Crippen LogP contribution < -0.4 is 9.47 Å². The summed E-state index contributed by atoms with van der Waals surface area (Å²) in [7, 11) is 1.55. The number of hydrogen-bond donors (Lipinski definition) is 0. The first kappa shape index (κ1) is 23.9. The number of fused-ring (bicyclic) bond motifs is 2. The van der Waals surface area contributed by atoms with Crippen molar-refractivity contribution in [3.05, 3.63) is 47.5 Å². The first-order chi connectivity index (χ1) is 16.2. The van der Waals surface area contributed by atoms with E-state index in [0.29, 0.717) is 55.5 Å². The molecule has 34 heavy (non-hydrogen) atoms. The Morgan fingerprint density at radius 1 is 1.09 bits per heavy atom. The Kier molecular flexibility index (Phi) is 6.72. The molecule has 0 N–H and O–H groups in total. The van der Waals surface area contributed by atoms with Crippen LogP contribution in [0.3, 0.4) is 0 Å². The summed E-state index contributed by atoms with van der Waals surface area (Å²) in [5.41, 5.74) is -0.0501. The van der Waals surface area contributed by atoms with E-state index in [1.54, 1.807) is 25.3 Å². The van der Waals surface area contributed by atoms with Crippen molar-refractivity contribution < 1.29 is 27.4 Å². The van der Waals surface area contributed by atoms with Crippen molar-refractivity contribution in [3.63, 3.8) is 0 Å². The molecule has 0 unspecified atom stereocenters. The second kappa shape index (κ2) is 9.56. The lowest BCUT2D eigenvalue weighted by atomic mass is 10.1. The van der Waals surface area contributed by atoms with Crippen molar-refractivity contribution in [1.29, 1.82) is 0 Å². The van der Waals surface area contributed by atoms with Crippen molar-refractivity contribution in [2.45, 2.75) is 32.9 Å². The van der Waals surface area contributed by atoms with Gasteiger partial charge in [0, 0.05) is 32.6 Å². The third kappa shape index (κ3) is 5.13. The van der Waals surface area contributed by atoms with Gasteiger partial charge in [-0.25, -0.2) is 4.99 Å². The Bertz CT molecular complexity index is 1100. The van der Waals surface area contributed by atoms with Gasteiger partial charge in [-0.05, 0) is 48.7 Å². The van der Waals surface area contributed by atoms with Gasteiger partial charge in [0.05, 0.1) is 18.2 Å². The monoisotopic (exact) mass is 475 g/mol. The fourth-order valence-electron chi connectivity index (χ4n) is 4.16. The Balaban J connectivity index is 1.73. The maximum Gasteiger partial charge on any atom is 0.416 e. The highest BCUT2D eigenvalue weighted by molar-refractivity contribution is 6.04. The Morgan fingerprint density at radius 3 is 2.56 bits per heavy atom. The average Bonchev–Trinajstić information content (AvgIpc) is 3.12. The van der Waals surface area contributed by atoms with Crippen LogP contribution in [0.4, 0.5) is 18.9 Å². The molecular formula is C25H28F3N3O3. The summed E-state index contributed by atoms with van der Waals surface area (Å²) in [5.74, 6) is 2.21. The number of carbonyl (C=O) groups is 1. The fourth-order valence-corrected chi connectivity index (χ4v) is 4.16. The molecule has 9 heteroatoms. The van der Waals surface area contributed by atoms with Crippen LogP contribution >= 0.6 is 0 Å². The number of benzene rings is 2. The van der Waals surface area contributed by atoms with Gasteiger partial charge in [-0.3, -0.25) is 4.79 Å². The van der Waals surface area contributed by atoms with Gasteiger partial charge in [-0.1, -0.05) is 13.8 Å². The van der Waals surface area contributed by atoms with Gasteiger partial charge < -0.3 is 19.3 Å². The first-order valence-electron chi connectivity index (χ1n) is 11.3. The van der Waals surface area contributed by atoms with E-state index in [9.17, 15) is 18.0 Å². The molecule has 0 saturated carbocycles. The summed E-state index contributed by atoms with van der Waals surface area (Å²) >= 11 is 0. The maximum absolute atomic E-state index is 13.4. The number of amides is 1.